The van der Waals surface area contributed by atoms with Crippen LogP contribution in [0.4, 0.5) is 0 Å². The first-order chi connectivity index (χ1) is 5.72. The first-order valence-electron chi connectivity index (χ1n) is 3.54. The molecule has 0 bridgehead atoms. The summed E-state index contributed by atoms with van der Waals surface area (Å²) in [6, 6.07) is 0. The second-order valence-corrected chi connectivity index (χ2v) is 3.25. The summed E-state index contributed by atoms with van der Waals surface area (Å²) in [5, 5.41) is 15.2. The Labute approximate surface area is 76.5 Å². The van der Waals surface area contributed by atoms with Crippen LogP contribution in [0.25, 0.3) is 0 Å². The molecule has 0 aliphatic carbocycles. The number of nitrogens with one attached hydrogen (secondary N) is 1. The lowest BCUT2D eigenvalue weighted by molar-refractivity contribution is -0.137. The van der Waals surface area contributed by atoms with Gasteiger partial charge < -0.3 is 9.76 Å². The van der Waals surface area contributed by atoms with Gasteiger partial charge in [0, 0.05) is 0 Å². The first-order valence-corrected chi connectivity index (χ1v) is 4.94. The molecule has 0 unspecified atom stereocenters. The molecule has 0 spiro atoms. The zero-order chi connectivity index (χ0) is 9.40. The summed E-state index contributed by atoms with van der Waals surface area (Å²) in [6.07, 6.45) is 3.29. The molecule has 0 rings (SSSR count). The molecular formula is C6H12BNO3S. The van der Waals surface area contributed by atoms with E-state index in [2.05, 4.69) is 4.65 Å². The third-order valence-corrected chi connectivity index (χ3v) is 2.04. The lowest BCUT2D eigenvalue weighted by Crippen LogP contribution is -2.17. The Hall–Kier alpha value is -0.645. The fourth-order valence-electron chi connectivity index (χ4n) is 0.702. The normalized spacial score (nSPS) is 11.8. The molecule has 0 aromatic carbocycles. The van der Waals surface area contributed by atoms with Gasteiger partial charge in [0.2, 0.25) is 0 Å². The number of rotatable bonds is 7. The Morgan fingerprint density at radius 3 is 3.00 bits per heavy atom. The minimum Gasteiger partial charge on any atom is -0.556 e. The maximum Gasteiger partial charge on any atom is 0.355 e. The van der Waals surface area contributed by atoms with Crippen molar-refractivity contribution in [1.82, 2.24) is 0 Å². The van der Waals surface area contributed by atoms with Gasteiger partial charge in [0.25, 0.3) is 0 Å². The van der Waals surface area contributed by atoms with Crippen LogP contribution in [0.3, 0.4) is 0 Å². The number of hydrogen-bond acceptors (Lipinski definition) is 4. The summed E-state index contributed by atoms with van der Waals surface area (Å²) in [5.41, 5.74) is 0. The van der Waals surface area contributed by atoms with Gasteiger partial charge in [-0.3, -0.25) is 10.2 Å². The third-order valence-electron chi connectivity index (χ3n) is 1.40. The second kappa shape index (κ2) is 7.03. The third kappa shape index (κ3) is 5.06. The van der Waals surface area contributed by atoms with Crippen LogP contribution in [0.2, 0.25) is 5.82 Å². The SMILES string of the molecule is CSCC[C@@H](BOC=N)C(=O)O. The molecule has 1 atom stereocenters. The van der Waals surface area contributed by atoms with E-state index in [4.69, 9.17) is 10.5 Å². The summed E-state index contributed by atoms with van der Waals surface area (Å²) >= 11 is 1.60. The summed E-state index contributed by atoms with van der Waals surface area (Å²) in [6.45, 7) is 0. The fraction of sp³-hybridized carbons (Fsp3) is 0.667. The van der Waals surface area contributed by atoms with Gasteiger partial charge in [0.15, 0.2) is 0 Å². The standard InChI is InChI=1S/C6H12BNO3S/c1-12-3-2-5(6(9)10)7-11-4-8/h4-5,7-8H,2-3H2,1H3,(H,9,10)/t5-/m1/s1. The quantitative estimate of drug-likeness (QED) is 0.349. The minimum absolute atomic E-state index is 0.0966. The molecule has 0 saturated carbocycles. The Balaban J connectivity index is 3.69. The van der Waals surface area contributed by atoms with Crippen LogP contribution in [0.5, 0.6) is 0 Å². The van der Waals surface area contributed by atoms with Crippen molar-refractivity contribution in [3.8, 4) is 0 Å². The molecule has 0 aromatic rings. The molecule has 0 fully saturated rings. The van der Waals surface area contributed by atoms with Gasteiger partial charge in [0.1, 0.15) is 6.40 Å². The number of thioether (sulfide) groups is 1. The predicted octanol–water partition coefficient (Wildman–Crippen LogP) is 0.588. The second-order valence-electron chi connectivity index (χ2n) is 2.27. The highest BCUT2D eigenvalue weighted by molar-refractivity contribution is 7.98. The van der Waals surface area contributed by atoms with Crippen LogP contribution >= 0.6 is 11.8 Å². The molecular weight excluding hydrogens is 177 g/mol. The molecule has 0 heterocycles. The van der Waals surface area contributed by atoms with Crippen molar-refractivity contribution in [2.75, 3.05) is 12.0 Å². The highest BCUT2D eigenvalue weighted by Gasteiger charge is 2.19. The van der Waals surface area contributed by atoms with Crippen LogP contribution in [0.15, 0.2) is 0 Å². The van der Waals surface area contributed by atoms with Gasteiger partial charge in [-0.15, -0.1) is 0 Å². The Morgan fingerprint density at radius 1 is 1.92 bits per heavy atom. The number of aliphatic carboxylic acids is 1. The monoisotopic (exact) mass is 189 g/mol. The molecule has 0 aromatic heterocycles. The van der Waals surface area contributed by atoms with Gasteiger partial charge in [-0.1, -0.05) is 0 Å². The highest BCUT2D eigenvalue weighted by atomic mass is 32.2. The molecule has 0 aliphatic heterocycles. The largest absolute Gasteiger partial charge is 0.556 e. The van der Waals surface area contributed by atoms with Crippen molar-refractivity contribution in [1.29, 1.82) is 5.41 Å². The minimum atomic E-state index is -0.856. The average Bonchev–Trinajstić information content (AvgIpc) is 2.04. The van der Waals surface area contributed by atoms with Crippen molar-refractivity contribution < 1.29 is 14.6 Å². The van der Waals surface area contributed by atoms with Gasteiger partial charge in [-0.05, 0) is 18.4 Å². The van der Waals surface area contributed by atoms with E-state index >= 15 is 0 Å². The molecule has 0 radical (unpaired) electrons. The maximum atomic E-state index is 10.5. The molecule has 12 heavy (non-hydrogen) atoms. The van der Waals surface area contributed by atoms with E-state index in [-0.39, 0.29) is 7.48 Å². The van der Waals surface area contributed by atoms with Gasteiger partial charge >= 0.3 is 13.5 Å². The molecule has 4 nitrogen and oxygen atoms in total. The molecule has 0 saturated heterocycles. The Bertz CT molecular complexity index is 156. The van der Waals surface area contributed by atoms with E-state index in [1.807, 2.05) is 6.26 Å². The lowest BCUT2D eigenvalue weighted by Gasteiger charge is -2.07. The number of hydrogen-bond donors (Lipinski definition) is 2. The predicted molar refractivity (Wildman–Crippen MR) is 51.4 cm³/mol. The summed E-state index contributed by atoms with van der Waals surface area (Å²) in [4.78, 5) is 10.5. The van der Waals surface area contributed by atoms with Crippen molar-refractivity contribution in [3.05, 3.63) is 0 Å². The Morgan fingerprint density at radius 2 is 2.58 bits per heavy atom. The lowest BCUT2D eigenvalue weighted by atomic mass is 9.78. The summed E-state index contributed by atoms with van der Waals surface area (Å²) in [7, 11) is 0.0966. The zero-order valence-corrected chi connectivity index (χ0v) is 7.76. The van der Waals surface area contributed by atoms with Gasteiger partial charge in [0.05, 0.1) is 5.82 Å². The van der Waals surface area contributed by atoms with Crippen LogP contribution in [0, 0.1) is 5.41 Å². The van der Waals surface area contributed by atoms with Crippen molar-refractivity contribution in [2.24, 2.45) is 0 Å². The van der Waals surface area contributed by atoms with Crippen LogP contribution in [0.1, 0.15) is 6.42 Å². The van der Waals surface area contributed by atoms with E-state index in [1.165, 1.54) is 0 Å². The molecule has 6 heteroatoms. The molecule has 2 N–H and O–H groups in total. The molecule has 68 valence electrons. The zero-order valence-electron chi connectivity index (χ0n) is 6.95. The van der Waals surface area contributed by atoms with E-state index < -0.39 is 11.8 Å². The first kappa shape index (κ1) is 11.4. The smallest absolute Gasteiger partial charge is 0.355 e. The maximum absolute atomic E-state index is 10.5. The van der Waals surface area contributed by atoms with E-state index in [0.29, 0.717) is 6.42 Å². The van der Waals surface area contributed by atoms with E-state index in [0.717, 1.165) is 12.2 Å². The number of carboxylic acids is 1. The highest BCUT2D eigenvalue weighted by Crippen LogP contribution is 2.12. The number of carbonyl (C=O) groups is 1. The molecule has 0 aliphatic rings. The van der Waals surface area contributed by atoms with Crippen molar-refractivity contribution in [3.63, 3.8) is 0 Å². The van der Waals surface area contributed by atoms with Crippen LogP contribution in [-0.2, 0) is 9.45 Å². The van der Waals surface area contributed by atoms with Crippen LogP contribution in [-0.4, -0.2) is 37.0 Å². The van der Waals surface area contributed by atoms with E-state index in [1.54, 1.807) is 11.8 Å². The van der Waals surface area contributed by atoms with Crippen LogP contribution < -0.4 is 0 Å². The topological polar surface area (TPSA) is 70.4 Å². The fourth-order valence-corrected chi connectivity index (χ4v) is 1.22. The number of carboxylic acid groups (broad SMARTS) is 1. The Kier molecular flexibility index (Phi) is 6.65. The van der Waals surface area contributed by atoms with E-state index in [9.17, 15) is 4.79 Å². The van der Waals surface area contributed by atoms with Crippen molar-refractivity contribution in [2.45, 2.75) is 12.2 Å². The average molecular weight is 189 g/mol. The van der Waals surface area contributed by atoms with Crippen molar-refractivity contribution >= 4 is 31.6 Å². The van der Waals surface area contributed by atoms with Gasteiger partial charge in [-0.25, -0.2) is 0 Å². The summed E-state index contributed by atoms with van der Waals surface area (Å²) < 4.78 is 4.61. The summed E-state index contributed by atoms with van der Waals surface area (Å²) in [5.74, 6) is -0.539. The van der Waals surface area contributed by atoms with Gasteiger partial charge in [-0.2, -0.15) is 11.8 Å². The molecule has 0 amide bonds.